The predicted octanol–water partition coefficient (Wildman–Crippen LogP) is 1.78. The summed E-state index contributed by atoms with van der Waals surface area (Å²) in [6.45, 7) is 3.72. The molecule has 2 aliphatic heterocycles. The highest BCUT2D eigenvalue weighted by Crippen LogP contribution is 2.20. The van der Waals surface area contributed by atoms with E-state index in [0.29, 0.717) is 23.6 Å². The molecule has 0 bridgehead atoms. The van der Waals surface area contributed by atoms with Gasteiger partial charge in [0.15, 0.2) is 0 Å². The van der Waals surface area contributed by atoms with Crippen LogP contribution in [0.2, 0.25) is 0 Å². The van der Waals surface area contributed by atoms with E-state index >= 15 is 0 Å². The van der Waals surface area contributed by atoms with Crippen molar-refractivity contribution in [1.29, 1.82) is 0 Å². The third kappa shape index (κ3) is 3.58. The standard InChI is InChI=1S/C18H23N3O3/c1-12-5-4-10-21(11-12)16(22)9-8-15-18(24)19-14-7-3-2-6-13(14)17(23)20-15/h2-3,6-7,12,15H,4-5,8-11H2,1H3,(H,19,24)(H,20,23)/t12-,15+/m0/s1. The van der Waals surface area contributed by atoms with Crippen molar-refractivity contribution in [3.05, 3.63) is 29.8 Å². The fourth-order valence-corrected chi connectivity index (χ4v) is 3.36. The lowest BCUT2D eigenvalue weighted by Crippen LogP contribution is -2.43. The summed E-state index contributed by atoms with van der Waals surface area (Å²) in [4.78, 5) is 38.8. The molecule has 6 heteroatoms. The first kappa shape index (κ1) is 16.5. The molecule has 2 atom stereocenters. The summed E-state index contributed by atoms with van der Waals surface area (Å²) in [5, 5.41) is 5.50. The molecule has 0 radical (unpaired) electrons. The maximum atomic E-state index is 12.4. The van der Waals surface area contributed by atoms with Crippen molar-refractivity contribution in [2.75, 3.05) is 18.4 Å². The topological polar surface area (TPSA) is 78.5 Å². The molecule has 1 aromatic rings. The number of carbonyl (C=O) groups excluding carboxylic acids is 3. The fraction of sp³-hybridized carbons (Fsp3) is 0.500. The van der Waals surface area contributed by atoms with Gasteiger partial charge < -0.3 is 15.5 Å². The molecule has 0 aliphatic carbocycles. The maximum Gasteiger partial charge on any atom is 0.254 e. The van der Waals surface area contributed by atoms with Crippen LogP contribution in [0, 0.1) is 5.92 Å². The number of likely N-dealkylation sites (tertiary alicyclic amines) is 1. The van der Waals surface area contributed by atoms with Crippen LogP contribution in [-0.2, 0) is 9.59 Å². The number of hydrogen-bond acceptors (Lipinski definition) is 3. The summed E-state index contributed by atoms with van der Waals surface area (Å²) in [5.41, 5.74) is 0.961. The van der Waals surface area contributed by atoms with Crippen LogP contribution < -0.4 is 10.6 Å². The number of para-hydroxylation sites is 1. The molecule has 6 nitrogen and oxygen atoms in total. The van der Waals surface area contributed by atoms with Gasteiger partial charge in [0.05, 0.1) is 11.3 Å². The minimum absolute atomic E-state index is 0.0605. The quantitative estimate of drug-likeness (QED) is 0.887. The van der Waals surface area contributed by atoms with E-state index in [1.54, 1.807) is 24.3 Å². The molecule has 0 spiro atoms. The number of amides is 3. The SMILES string of the molecule is C[C@H]1CCCN(C(=O)CC[C@H]2NC(=O)c3ccccc3NC2=O)C1. The van der Waals surface area contributed by atoms with E-state index in [1.165, 1.54) is 0 Å². The van der Waals surface area contributed by atoms with Crippen LogP contribution in [0.15, 0.2) is 24.3 Å². The van der Waals surface area contributed by atoms with Crippen molar-refractivity contribution < 1.29 is 14.4 Å². The maximum absolute atomic E-state index is 12.4. The number of hydrogen-bond donors (Lipinski definition) is 2. The Morgan fingerprint density at radius 2 is 2.08 bits per heavy atom. The van der Waals surface area contributed by atoms with Crippen molar-refractivity contribution in [2.24, 2.45) is 5.92 Å². The van der Waals surface area contributed by atoms with Gasteiger partial charge in [-0.05, 0) is 37.3 Å². The van der Waals surface area contributed by atoms with Gasteiger partial charge in [0.1, 0.15) is 6.04 Å². The van der Waals surface area contributed by atoms with Gasteiger partial charge in [0.25, 0.3) is 5.91 Å². The summed E-state index contributed by atoms with van der Waals surface area (Å²) in [7, 11) is 0. The second kappa shape index (κ2) is 7.03. The Morgan fingerprint density at radius 1 is 1.29 bits per heavy atom. The van der Waals surface area contributed by atoms with Gasteiger partial charge >= 0.3 is 0 Å². The zero-order valence-electron chi connectivity index (χ0n) is 13.9. The molecule has 0 aromatic heterocycles. The van der Waals surface area contributed by atoms with Crippen LogP contribution in [0.5, 0.6) is 0 Å². The minimum atomic E-state index is -0.684. The third-order valence-corrected chi connectivity index (χ3v) is 4.71. The van der Waals surface area contributed by atoms with Crippen molar-refractivity contribution in [3.8, 4) is 0 Å². The Balaban J connectivity index is 1.61. The van der Waals surface area contributed by atoms with Gasteiger partial charge in [-0.25, -0.2) is 0 Å². The number of piperidine rings is 1. The van der Waals surface area contributed by atoms with E-state index in [9.17, 15) is 14.4 Å². The van der Waals surface area contributed by atoms with E-state index in [1.807, 2.05) is 4.90 Å². The summed E-state index contributed by atoms with van der Waals surface area (Å²) >= 11 is 0. The lowest BCUT2D eigenvalue weighted by Gasteiger charge is -2.31. The lowest BCUT2D eigenvalue weighted by molar-refractivity contribution is -0.133. The second-order valence-electron chi connectivity index (χ2n) is 6.69. The van der Waals surface area contributed by atoms with Crippen LogP contribution in [-0.4, -0.2) is 41.8 Å². The zero-order chi connectivity index (χ0) is 17.1. The van der Waals surface area contributed by atoms with Crippen LogP contribution in [0.3, 0.4) is 0 Å². The molecular formula is C18H23N3O3. The highest BCUT2D eigenvalue weighted by molar-refractivity contribution is 6.09. The normalized spacial score (nSPS) is 23.8. The van der Waals surface area contributed by atoms with Gasteiger partial charge in [-0.1, -0.05) is 19.1 Å². The molecule has 1 fully saturated rings. The third-order valence-electron chi connectivity index (χ3n) is 4.71. The fourth-order valence-electron chi connectivity index (χ4n) is 3.36. The molecular weight excluding hydrogens is 306 g/mol. The number of carbonyl (C=O) groups is 3. The molecule has 3 amide bonds. The van der Waals surface area contributed by atoms with E-state index in [2.05, 4.69) is 17.6 Å². The molecule has 2 aliphatic rings. The van der Waals surface area contributed by atoms with E-state index < -0.39 is 6.04 Å². The molecule has 2 N–H and O–H groups in total. The minimum Gasteiger partial charge on any atom is -0.342 e. The average molecular weight is 329 g/mol. The summed E-state index contributed by atoms with van der Waals surface area (Å²) in [5.74, 6) is 0.0320. The molecule has 0 saturated carbocycles. The number of fused-ring (bicyclic) bond motifs is 1. The molecule has 1 saturated heterocycles. The van der Waals surface area contributed by atoms with Crippen molar-refractivity contribution >= 4 is 23.4 Å². The molecule has 0 unspecified atom stereocenters. The van der Waals surface area contributed by atoms with Crippen LogP contribution in [0.4, 0.5) is 5.69 Å². The van der Waals surface area contributed by atoms with Crippen LogP contribution in [0.1, 0.15) is 43.0 Å². The lowest BCUT2D eigenvalue weighted by atomic mass is 9.99. The Bertz CT molecular complexity index is 659. The Hall–Kier alpha value is -2.37. The predicted molar refractivity (Wildman–Crippen MR) is 90.5 cm³/mol. The van der Waals surface area contributed by atoms with Crippen LogP contribution >= 0.6 is 0 Å². The van der Waals surface area contributed by atoms with E-state index in [0.717, 1.165) is 25.9 Å². The summed E-state index contributed by atoms with van der Waals surface area (Å²) in [6.07, 6.45) is 2.77. The van der Waals surface area contributed by atoms with Crippen molar-refractivity contribution in [2.45, 2.75) is 38.6 Å². The molecule has 2 heterocycles. The zero-order valence-corrected chi connectivity index (χ0v) is 13.9. The Morgan fingerprint density at radius 3 is 2.88 bits per heavy atom. The van der Waals surface area contributed by atoms with Gasteiger partial charge in [0, 0.05) is 19.5 Å². The molecule has 3 rings (SSSR count). The highest BCUT2D eigenvalue weighted by Gasteiger charge is 2.29. The van der Waals surface area contributed by atoms with Gasteiger partial charge in [-0.15, -0.1) is 0 Å². The first-order valence-corrected chi connectivity index (χ1v) is 8.53. The Labute approximate surface area is 141 Å². The molecule has 1 aromatic carbocycles. The van der Waals surface area contributed by atoms with Crippen LogP contribution in [0.25, 0.3) is 0 Å². The summed E-state index contributed by atoms with van der Waals surface area (Å²) in [6, 6.07) is 6.22. The average Bonchev–Trinajstić information content (AvgIpc) is 2.69. The first-order valence-electron chi connectivity index (χ1n) is 8.53. The second-order valence-corrected chi connectivity index (χ2v) is 6.69. The number of nitrogens with zero attached hydrogens (tertiary/aromatic N) is 1. The number of anilines is 1. The van der Waals surface area contributed by atoms with E-state index in [-0.39, 0.29) is 24.1 Å². The molecule has 128 valence electrons. The smallest absolute Gasteiger partial charge is 0.254 e. The van der Waals surface area contributed by atoms with E-state index in [4.69, 9.17) is 0 Å². The number of benzene rings is 1. The van der Waals surface area contributed by atoms with Crippen molar-refractivity contribution in [3.63, 3.8) is 0 Å². The number of rotatable bonds is 3. The van der Waals surface area contributed by atoms with Gasteiger partial charge in [0.2, 0.25) is 11.8 Å². The first-order chi connectivity index (χ1) is 11.5. The van der Waals surface area contributed by atoms with Crippen molar-refractivity contribution in [1.82, 2.24) is 10.2 Å². The largest absolute Gasteiger partial charge is 0.342 e. The molecule has 24 heavy (non-hydrogen) atoms. The summed E-state index contributed by atoms with van der Waals surface area (Å²) < 4.78 is 0. The Kier molecular flexibility index (Phi) is 4.83. The van der Waals surface area contributed by atoms with Gasteiger partial charge in [-0.3, -0.25) is 14.4 Å². The number of nitrogens with one attached hydrogen (secondary N) is 2. The monoisotopic (exact) mass is 329 g/mol. The highest BCUT2D eigenvalue weighted by atomic mass is 16.2. The van der Waals surface area contributed by atoms with Gasteiger partial charge in [-0.2, -0.15) is 0 Å².